The molecular weight excluding hydrogens is 498 g/mol. The van der Waals surface area contributed by atoms with Gasteiger partial charge in [0.15, 0.2) is 0 Å². The summed E-state index contributed by atoms with van der Waals surface area (Å²) in [5.74, 6) is -1.28. The smallest absolute Gasteiger partial charge is 0.268 e. The summed E-state index contributed by atoms with van der Waals surface area (Å²) in [4.78, 5) is 26.4. The second-order valence-corrected chi connectivity index (χ2v) is 10.2. The van der Waals surface area contributed by atoms with Gasteiger partial charge in [0.05, 0.1) is 28.0 Å². The van der Waals surface area contributed by atoms with Crippen molar-refractivity contribution in [2.45, 2.75) is 5.75 Å². The average molecular weight is 518 g/mol. The Bertz CT molecular complexity index is 1740. The highest BCUT2D eigenvalue weighted by Gasteiger charge is 2.21. The maximum Gasteiger partial charge on any atom is 0.279 e. The summed E-state index contributed by atoms with van der Waals surface area (Å²) in [5, 5.41) is 0.569. The summed E-state index contributed by atoms with van der Waals surface area (Å²) >= 11 is 6.07. The lowest BCUT2D eigenvalue weighted by molar-refractivity contribution is 0.0981. The van der Waals surface area contributed by atoms with Gasteiger partial charge < -0.3 is 0 Å². The van der Waals surface area contributed by atoms with Crippen LogP contribution in [0.5, 0.6) is 0 Å². The van der Waals surface area contributed by atoms with E-state index in [1.807, 2.05) is 60.7 Å². The normalized spacial score (nSPS) is 11.5. The number of rotatable bonds is 6. The van der Waals surface area contributed by atoms with E-state index in [4.69, 9.17) is 11.6 Å². The summed E-state index contributed by atoms with van der Waals surface area (Å²) in [6.45, 7) is 0. The number of sulfonamides is 1. The van der Waals surface area contributed by atoms with Crippen LogP contribution in [-0.4, -0.2) is 23.7 Å². The highest BCUT2D eigenvalue weighted by molar-refractivity contribution is 7.89. The van der Waals surface area contributed by atoms with Gasteiger partial charge in [-0.3, -0.25) is 9.59 Å². The van der Waals surface area contributed by atoms with Gasteiger partial charge in [-0.25, -0.2) is 22.5 Å². The maximum atomic E-state index is 13.5. The number of carbonyl (C=O) groups excluding carboxylic acids is 1. The van der Waals surface area contributed by atoms with Crippen molar-refractivity contribution in [1.82, 2.24) is 14.1 Å². The van der Waals surface area contributed by atoms with Gasteiger partial charge in [0, 0.05) is 10.6 Å². The summed E-state index contributed by atoms with van der Waals surface area (Å²) in [6.07, 6.45) is 0. The van der Waals surface area contributed by atoms with Gasteiger partial charge in [-0.15, -0.1) is 0 Å². The molecule has 0 aliphatic heterocycles. The van der Waals surface area contributed by atoms with Crippen LogP contribution >= 0.6 is 11.6 Å². The van der Waals surface area contributed by atoms with E-state index >= 15 is 0 Å². The zero-order valence-electron chi connectivity index (χ0n) is 18.8. The van der Waals surface area contributed by atoms with Crippen LogP contribution in [0.3, 0.4) is 0 Å². The van der Waals surface area contributed by atoms with Gasteiger partial charge in [0.2, 0.25) is 10.0 Å². The van der Waals surface area contributed by atoms with Crippen LogP contribution in [0.2, 0.25) is 5.02 Å². The predicted molar refractivity (Wildman–Crippen MR) is 140 cm³/mol. The van der Waals surface area contributed by atoms with Crippen molar-refractivity contribution >= 4 is 38.4 Å². The van der Waals surface area contributed by atoms with Crippen molar-refractivity contribution in [3.05, 3.63) is 130 Å². The third kappa shape index (κ3) is 4.56. The number of nitrogens with zero attached hydrogens (tertiary/aromatic N) is 2. The van der Waals surface area contributed by atoms with Crippen molar-refractivity contribution in [3.8, 4) is 11.4 Å². The molecule has 7 nitrogen and oxygen atoms in total. The molecule has 9 heteroatoms. The summed E-state index contributed by atoms with van der Waals surface area (Å²) in [5.41, 5.74) is 2.07. The van der Waals surface area contributed by atoms with Gasteiger partial charge in [0.25, 0.3) is 11.5 Å². The van der Waals surface area contributed by atoms with Crippen LogP contribution < -0.4 is 10.3 Å². The standard InChI is InChI=1S/C27H20ClN3O4S/c28-24-14-8-7-9-20(24)18-36(34,35)29-26(32)19-15-16-25-23(17-19)27(33)31(22-12-5-2-6-13-22)30(25)21-10-3-1-4-11-21/h1-17H,18H2,(H,29,32). The number of aromatic nitrogens is 2. The van der Waals surface area contributed by atoms with Crippen molar-refractivity contribution in [2.75, 3.05) is 0 Å². The minimum absolute atomic E-state index is 0.0488. The first-order chi connectivity index (χ1) is 17.3. The first-order valence-electron chi connectivity index (χ1n) is 11.0. The molecule has 36 heavy (non-hydrogen) atoms. The Labute approximate surface area is 212 Å². The van der Waals surface area contributed by atoms with Crippen LogP contribution in [0.15, 0.2) is 108 Å². The molecule has 0 saturated heterocycles. The Morgan fingerprint density at radius 2 is 1.36 bits per heavy atom. The number of nitrogens with one attached hydrogen (secondary N) is 1. The maximum absolute atomic E-state index is 13.5. The Morgan fingerprint density at radius 3 is 2.00 bits per heavy atom. The first-order valence-corrected chi connectivity index (χ1v) is 13.0. The van der Waals surface area contributed by atoms with E-state index in [-0.39, 0.29) is 16.5 Å². The van der Waals surface area contributed by atoms with Crippen LogP contribution in [0.4, 0.5) is 0 Å². The lowest BCUT2D eigenvalue weighted by Crippen LogP contribution is -2.31. The summed E-state index contributed by atoms with van der Waals surface area (Å²) in [6, 6.07) is 29.6. The molecule has 0 aliphatic carbocycles. The van der Waals surface area contributed by atoms with E-state index in [2.05, 4.69) is 4.72 Å². The number of carbonyl (C=O) groups is 1. The van der Waals surface area contributed by atoms with E-state index in [1.165, 1.54) is 16.8 Å². The minimum atomic E-state index is -4.03. The molecule has 0 fully saturated rings. The van der Waals surface area contributed by atoms with E-state index in [0.29, 0.717) is 21.8 Å². The van der Waals surface area contributed by atoms with E-state index in [1.54, 1.807) is 35.0 Å². The zero-order chi connectivity index (χ0) is 25.3. The first kappa shape index (κ1) is 23.6. The minimum Gasteiger partial charge on any atom is -0.268 e. The Morgan fingerprint density at radius 1 is 0.778 bits per heavy atom. The summed E-state index contributed by atoms with van der Waals surface area (Å²) in [7, 11) is -4.03. The molecule has 0 radical (unpaired) electrons. The average Bonchev–Trinajstić information content (AvgIpc) is 3.17. The molecule has 1 aromatic heterocycles. The highest BCUT2D eigenvalue weighted by atomic mass is 35.5. The monoisotopic (exact) mass is 517 g/mol. The second-order valence-electron chi connectivity index (χ2n) is 8.11. The van der Waals surface area contributed by atoms with Crippen LogP contribution in [0.1, 0.15) is 15.9 Å². The third-order valence-corrected chi connectivity index (χ3v) is 7.22. The van der Waals surface area contributed by atoms with Gasteiger partial charge in [-0.2, -0.15) is 0 Å². The molecule has 0 unspecified atom stereocenters. The molecule has 1 heterocycles. The molecule has 4 aromatic carbocycles. The van der Waals surface area contributed by atoms with Gasteiger partial charge in [-0.1, -0.05) is 66.2 Å². The molecule has 1 amide bonds. The number of hydrogen-bond acceptors (Lipinski definition) is 4. The second kappa shape index (κ2) is 9.49. The van der Waals surface area contributed by atoms with E-state index < -0.39 is 21.7 Å². The van der Waals surface area contributed by atoms with Crippen molar-refractivity contribution in [1.29, 1.82) is 0 Å². The zero-order valence-corrected chi connectivity index (χ0v) is 20.4. The molecule has 0 aliphatic rings. The largest absolute Gasteiger partial charge is 0.279 e. The third-order valence-electron chi connectivity index (χ3n) is 5.66. The summed E-state index contributed by atoms with van der Waals surface area (Å²) < 4.78 is 30.6. The van der Waals surface area contributed by atoms with Crippen LogP contribution in [0.25, 0.3) is 22.3 Å². The Hall–Kier alpha value is -4.14. The molecule has 0 saturated carbocycles. The van der Waals surface area contributed by atoms with Crippen molar-refractivity contribution in [2.24, 2.45) is 0 Å². The lowest BCUT2D eigenvalue weighted by atomic mass is 10.1. The molecule has 0 bridgehead atoms. The number of hydrogen-bond donors (Lipinski definition) is 1. The molecule has 0 atom stereocenters. The Kier molecular flexibility index (Phi) is 6.22. The van der Waals surface area contributed by atoms with Gasteiger partial charge >= 0.3 is 0 Å². The number of fused-ring (bicyclic) bond motifs is 1. The predicted octanol–water partition coefficient (Wildman–Crippen LogP) is 4.69. The van der Waals surface area contributed by atoms with Crippen molar-refractivity contribution in [3.63, 3.8) is 0 Å². The fourth-order valence-corrected chi connectivity index (χ4v) is 5.44. The molecule has 180 valence electrons. The quantitative estimate of drug-likeness (QED) is 0.353. The van der Waals surface area contributed by atoms with Crippen LogP contribution in [-0.2, 0) is 15.8 Å². The number of amides is 1. The van der Waals surface area contributed by atoms with E-state index in [0.717, 1.165) is 5.69 Å². The fourth-order valence-electron chi connectivity index (χ4n) is 4.03. The molecule has 0 spiro atoms. The molecule has 1 N–H and O–H groups in total. The van der Waals surface area contributed by atoms with E-state index in [9.17, 15) is 18.0 Å². The van der Waals surface area contributed by atoms with Crippen molar-refractivity contribution < 1.29 is 13.2 Å². The van der Waals surface area contributed by atoms with Gasteiger partial charge in [0.1, 0.15) is 0 Å². The fraction of sp³-hybridized carbons (Fsp3) is 0.0370. The molecule has 5 rings (SSSR count). The van der Waals surface area contributed by atoms with Gasteiger partial charge in [-0.05, 0) is 54.1 Å². The molecular formula is C27H20ClN3O4S. The Balaban J connectivity index is 1.56. The number of halogens is 1. The number of benzene rings is 4. The molecule has 5 aromatic rings. The highest BCUT2D eigenvalue weighted by Crippen LogP contribution is 2.22. The SMILES string of the molecule is O=C(NS(=O)(=O)Cc1ccccc1Cl)c1ccc2c(c1)c(=O)n(-c1ccccc1)n2-c1ccccc1. The van der Waals surface area contributed by atoms with Crippen LogP contribution in [0, 0.1) is 0 Å². The topological polar surface area (TPSA) is 90.2 Å². The number of para-hydroxylation sites is 2. The lowest BCUT2D eigenvalue weighted by Gasteiger charge is -2.13.